The number of hydrogen-bond donors (Lipinski definition) is 1. The van der Waals surface area contributed by atoms with Crippen LogP contribution in [-0.2, 0) is 0 Å². The predicted molar refractivity (Wildman–Crippen MR) is 76.5 cm³/mol. The highest BCUT2D eigenvalue weighted by Crippen LogP contribution is 2.29. The van der Waals surface area contributed by atoms with Crippen molar-refractivity contribution < 1.29 is 0 Å². The van der Waals surface area contributed by atoms with E-state index in [9.17, 15) is 0 Å². The van der Waals surface area contributed by atoms with Crippen LogP contribution in [0.15, 0.2) is 35.0 Å². The topological polar surface area (TPSA) is 12.0 Å². The zero-order valence-corrected chi connectivity index (χ0v) is 11.4. The maximum Gasteiger partial charge on any atom is 0.0767 e. The van der Waals surface area contributed by atoms with Crippen molar-refractivity contribution in [1.82, 2.24) is 5.32 Å². The minimum absolute atomic E-state index is 0.276. The van der Waals surface area contributed by atoms with E-state index < -0.39 is 0 Å². The number of rotatable bonds is 5. The first-order valence-corrected chi connectivity index (χ1v) is 7.33. The van der Waals surface area contributed by atoms with Crippen molar-refractivity contribution in [2.24, 2.45) is 0 Å². The van der Waals surface area contributed by atoms with Crippen molar-refractivity contribution in [3.8, 4) is 12.3 Å². The molecular weight excluding hydrogens is 246 g/mol. The van der Waals surface area contributed by atoms with Crippen LogP contribution in [0.3, 0.4) is 0 Å². The summed E-state index contributed by atoms with van der Waals surface area (Å²) >= 11 is 3.56. The molecule has 1 atom stereocenters. The van der Waals surface area contributed by atoms with Gasteiger partial charge < -0.3 is 5.32 Å². The summed E-state index contributed by atoms with van der Waals surface area (Å²) in [7, 11) is 0. The lowest BCUT2D eigenvalue weighted by molar-refractivity contribution is 0.516. The maximum atomic E-state index is 5.36. The van der Waals surface area contributed by atoms with Crippen LogP contribution in [-0.4, -0.2) is 6.04 Å². The van der Waals surface area contributed by atoms with Crippen LogP contribution in [0.1, 0.15) is 29.1 Å². The molecule has 3 heteroatoms. The number of nitrogens with one attached hydrogen (secondary N) is 1. The summed E-state index contributed by atoms with van der Waals surface area (Å²) in [5.74, 6) is 2.71. The van der Waals surface area contributed by atoms with Gasteiger partial charge in [0.15, 0.2) is 0 Å². The Morgan fingerprint density at radius 1 is 1.24 bits per heavy atom. The monoisotopic (exact) mass is 261 g/mol. The van der Waals surface area contributed by atoms with Gasteiger partial charge in [-0.25, -0.2) is 0 Å². The first-order chi connectivity index (χ1) is 8.31. The van der Waals surface area contributed by atoms with Gasteiger partial charge in [-0.3, -0.25) is 0 Å². The molecule has 0 saturated carbocycles. The third kappa shape index (κ3) is 3.19. The van der Waals surface area contributed by atoms with E-state index in [2.05, 4.69) is 53.2 Å². The van der Waals surface area contributed by atoms with Crippen molar-refractivity contribution in [2.45, 2.75) is 25.4 Å². The molecule has 2 heterocycles. The van der Waals surface area contributed by atoms with E-state index in [1.807, 2.05) is 0 Å². The Kier molecular flexibility index (Phi) is 4.38. The Morgan fingerprint density at radius 3 is 2.24 bits per heavy atom. The van der Waals surface area contributed by atoms with E-state index in [1.54, 1.807) is 22.7 Å². The van der Waals surface area contributed by atoms with E-state index in [-0.39, 0.29) is 6.04 Å². The molecule has 0 aromatic carbocycles. The van der Waals surface area contributed by atoms with Crippen LogP contribution < -0.4 is 5.32 Å². The van der Waals surface area contributed by atoms with Crippen LogP contribution in [0.4, 0.5) is 0 Å². The van der Waals surface area contributed by atoms with E-state index in [1.165, 1.54) is 9.75 Å². The van der Waals surface area contributed by atoms with E-state index in [0.717, 1.165) is 6.42 Å². The normalized spacial score (nSPS) is 12.5. The number of hydrogen-bond acceptors (Lipinski definition) is 3. The average Bonchev–Trinajstić information content (AvgIpc) is 3.00. The molecule has 88 valence electrons. The van der Waals surface area contributed by atoms with Crippen molar-refractivity contribution in [3.63, 3.8) is 0 Å². The van der Waals surface area contributed by atoms with Crippen molar-refractivity contribution in [2.75, 3.05) is 0 Å². The largest absolute Gasteiger partial charge is 0.301 e. The summed E-state index contributed by atoms with van der Waals surface area (Å²) in [5, 5.41) is 7.83. The Balaban J connectivity index is 2.17. The molecule has 0 aliphatic heterocycles. The minimum Gasteiger partial charge on any atom is -0.301 e. The van der Waals surface area contributed by atoms with Gasteiger partial charge in [-0.2, -0.15) is 0 Å². The molecule has 2 aromatic heterocycles. The summed E-state index contributed by atoms with van der Waals surface area (Å²) in [6.07, 6.45) is 6.11. The number of terminal acetylenes is 1. The lowest BCUT2D eigenvalue weighted by atomic mass is 10.1. The van der Waals surface area contributed by atoms with Gasteiger partial charge in [-0.05, 0) is 29.8 Å². The maximum absolute atomic E-state index is 5.36. The molecule has 0 aliphatic rings. The zero-order valence-electron chi connectivity index (χ0n) is 9.72. The molecule has 17 heavy (non-hydrogen) atoms. The van der Waals surface area contributed by atoms with E-state index in [0.29, 0.717) is 6.04 Å². The van der Waals surface area contributed by atoms with Crippen LogP contribution >= 0.6 is 22.7 Å². The fraction of sp³-hybridized carbons (Fsp3) is 0.286. The molecule has 2 aromatic rings. The van der Waals surface area contributed by atoms with Crippen molar-refractivity contribution >= 4 is 22.7 Å². The molecular formula is C14H15NS2. The number of thiophene rings is 2. The molecule has 0 fully saturated rings. The Labute approximate surface area is 111 Å². The highest BCUT2D eigenvalue weighted by atomic mass is 32.1. The summed E-state index contributed by atoms with van der Waals surface area (Å²) in [6, 6.07) is 9.13. The van der Waals surface area contributed by atoms with Gasteiger partial charge in [-0.15, -0.1) is 35.0 Å². The van der Waals surface area contributed by atoms with Gasteiger partial charge in [0.2, 0.25) is 0 Å². The van der Waals surface area contributed by atoms with Crippen LogP contribution in [0.2, 0.25) is 0 Å². The first-order valence-electron chi connectivity index (χ1n) is 5.57. The Bertz CT molecular complexity index is 431. The van der Waals surface area contributed by atoms with Crippen molar-refractivity contribution in [3.05, 3.63) is 44.8 Å². The van der Waals surface area contributed by atoms with Gasteiger partial charge in [0.1, 0.15) is 0 Å². The molecule has 1 unspecified atom stereocenters. The molecule has 2 rings (SSSR count). The second-order valence-corrected chi connectivity index (χ2v) is 5.90. The molecule has 1 nitrogen and oxygen atoms in total. The molecule has 0 aliphatic carbocycles. The van der Waals surface area contributed by atoms with Crippen molar-refractivity contribution in [1.29, 1.82) is 0 Å². The zero-order chi connectivity index (χ0) is 12.1. The quantitative estimate of drug-likeness (QED) is 0.805. The Hall–Kier alpha value is -1.08. The average molecular weight is 261 g/mol. The molecule has 1 N–H and O–H groups in total. The molecule has 0 radical (unpaired) electrons. The second-order valence-electron chi connectivity index (χ2n) is 3.94. The summed E-state index contributed by atoms with van der Waals surface area (Å²) in [4.78, 5) is 2.69. The lowest BCUT2D eigenvalue weighted by Crippen LogP contribution is -2.30. The van der Waals surface area contributed by atoms with Gasteiger partial charge in [-0.1, -0.05) is 12.1 Å². The summed E-state index contributed by atoms with van der Waals surface area (Å²) in [5.41, 5.74) is 0. The van der Waals surface area contributed by atoms with Gasteiger partial charge in [0, 0.05) is 22.2 Å². The smallest absolute Gasteiger partial charge is 0.0767 e. The van der Waals surface area contributed by atoms with E-state index >= 15 is 0 Å². The molecule has 0 saturated heterocycles. The van der Waals surface area contributed by atoms with Crippen LogP contribution in [0.25, 0.3) is 0 Å². The highest BCUT2D eigenvalue weighted by Gasteiger charge is 2.17. The van der Waals surface area contributed by atoms with Gasteiger partial charge in [0.25, 0.3) is 0 Å². The van der Waals surface area contributed by atoms with Crippen LogP contribution in [0, 0.1) is 12.3 Å². The summed E-state index contributed by atoms with van der Waals surface area (Å²) in [6.45, 7) is 2.13. The fourth-order valence-electron chi connectivity index (χ4n) is 1.74. The van der Waals surface area contributed by atoms with Crippen LogP contribution in [0.5, 0.6) is 0 Å². The third-order valence-electron chi connectivity index (χ3n) is 2.53. The SMILES string of the molecule is C#CCC(C)NC(c1cccs1)c1cccs1. The first kappa shape index (κ1) is 12.4. The molecule has 0 spiro atoms. The standard InChI is InChI=1S/C14H15NS2/c1-3-6-11(2)15-14(12-7-4-9-16-12)13-8-5-10-17-13/h1,4-5,7-11,14-15H,6H2,2H3. The van der Waals surface area contributed by atoms with E-state index in [4.69, 9.17) is 6.42 Å². The molecule has 0 bridgehead atoms. The Morgan fingerprint density at radius 2 is 1.82 bits per heavy atom. The van der Waals surface area contributed by atoms with Gasteiger partial charge >= 0.3 is 0 Å². The predicted octanol–water partition coefficient (Wildman–Crippen LogP) is 3.90. The summed E-state index contributed by atoms with van der Waals surface area (Å²) < 4.78 is 0. The third-order valence-corrected chi connectivity index (χ3v) is 4.40. The minimum atomic E-state index is 0.276. The second kappa shape index (κ2) is 6.02. The highest BCUT2D eigenvalue weighted by molar-refractivity contribution is 7.11. The lowest BCUT2D eigenvalue weighted by Gasteiger charge is -2.20. The molecule has 0 amide bonds. The fourth-order valence-corrected chi connectivity index (χ4v) is 3.42. The van der Waals surface area contributed by atoms with Gasteiger partial charge in [0.05, 0.1) is 6.04 Å².